The van der Waals surface area contributed by atoms with Gasteiger partial charge >= 0.3 is 0 Å². The highest BCUT2D eigenvalue weighted by Crippen LogP contribution is 2.63. The molecule has 0 aromatic carbocycles. The summed E-state index contributed by atoms with van der Waals surface area (Å²) in [4.78, 5) is 17.5. The van der Waals surface area contributed by atoms with E-state index in [1.54, 1.807) is 12.4 Å². The number of ketones is 1. The Balaban J connectivity index is 1.45. The first-order chi connectivity index (χ1) is 15.0. The van der Waals surface area contributed by atoms with Crippen molar-refractivity contribution in [3.63, 3.8) is 0 Å². The van der Waals surface area contributed by atoms with Crippen LogP contribution in [-0.4, -0.2) is 23.5 Å². The van der Waals surface area contributed by atoms with Gasteiger partial charge in [0, 0.05) is 23.9 Å². The molecule has 3 aliphatic rings. The molecule has 7 unspecified atom stereocenters. The number of carbonyl (C=O) groups is 1. The van der Waals surface area contributed by atoms with Gasteiger partial charge in [-0.2, -0.15) is 0 Å². The number of hydrogen-bond acceptors (Lipinski definition) is 4. The van der Waals surface area contributed by atoms with Crippen LogP contribution in [0.15, 0.2) is 18.5 Å². The second-order valence-electron chi connectivity index (χ2n) is 10.7. The van der Waals surface area contributed by atoms with Crippen LogP contribution in [0.2, 0.25) is 0 Å². The van der Waals surface area contributed by atoms with E-state index in [1.165, 1.54) is 57.6 Å². The third-order valence-electron chi connectivity index (χ3n) is 9.52. The number of aromatic nitrogens is 1. The van der Waals surface area contributed by atoms with Gasteiger partial charge in [-0.1, -0.05) is 40.0 Å². The van der Waals surface area contributed by atoms with Crippen LogP contribution in [0.5, 0.6) is 0 Å². The van der Waals surface area contributed by atoms with E-state index in [9.17, 15) is 4.79 Å². The third-order valence-corrected chi connectivity index (χ3v) is 9.52. The molecule has 4 heteroatoms. The van der Waals surface area contributed by atoms with Gasteiger partial charge in [0.05, 0.1) is 18.4 Å². The molecule has 1 aromatic rings. The zero-order valence-electron chi connectivity index (χ0n) is 19.7. The summed E-state index contributed by atoms with van der Waals surface area (Å²) in [6, 6.07) is 1.81. The molecule has 4 rings (SSSR count). The normalized spacial score (nSPS) is 37.0. The molecule has 0 amide bonds. The molecule has 7 atom stereocenters. The van der Waals surface area contributed by atoms with E-state index >= 15 is 0 Å². The number of hydrogen-bond donors (Lipinski definition) is 2. The number of nitrogens with zero attached hydrogens (tertiary/aromatic N) is 1. The van der Waals surface area contributed by atoms with Crippen molar-refractivity contribution < 1.29 is 4.79 Å². The zero-order valence-corrected chi connectivity index (χ0v) is 19.7. The summed E-state index contributed by atoms with van der Waals surface area (Å²) < 4.78 is 0. The Morgan fingerprint density at radius 3 is 2.81 bits per heavy atom. The van der Waals surface area contributed by atoms with Crippen molar-refractivity contribution in [3.05, 3.63) is 24.0 Å². The van der Waals surface area contributed by atoms with Gasteiger partial charge in [-0.05, 0) is 79.6 Å². The van der Waals surface area contributed by atoms with Crippen LogP contribution in [0.4, 0.5) is 5.69 Å². The smallest absolute Gasteiger partial charge is 0.155 e. The van der Waals surface area contributed by atoms with E-state index in [4.69, 9.17) is 5.41 Å². The standard InChI is InChI=1S/C27H41N3O/c1-4-6-20-18(5-2)7-8-22-21(20)11-13-27(3)23(22)9-10-24(27)26(31)17-30-25-16-29-14-12-19(25)15-28/h12,14-16,18,20-24,28,30H,4-11,13,17H2,1-3H3. The highest BCUT2D eigenvalue weighted by atomic mass is 16.1. The molecule has 3 saturated carbocycles. The molecule has 3 aliphatic carbocycles. The van der Waals surface area contributed by atoms with Crippen LogP contribution in [0.1, 0.15) is 84.1 Å². The number of pyridine rings is 1. The highest BCUT2D eigenvalue weighted by Gasteiger charge is 2.57. The van der Waals surface area contributed by atoms with Gasteiger partial charge in [0.25, 0.3) is 0 Å². The third kappa shape index (κ3) is 4.07. The maximum atomic E-state index is 13.4. The molecule has 0 aliphatic heterocycles. The summed E-state index contributed by atoms with van der Waals surface area (Å²) in [5.74, 6) is 4.85. The Hall–Kier alpha value is -1.71. The summed E-state index contributed by atoms with van der Waals surface area (Å²) in [5, 5.41) is 10.9. The Kier molecular flexibility index (Phi) is 6.83. The van der Waals surface area contributed by atoms with Gasteiger partial charge in [0.2, 0.25) is 0 Å². The Bertz CT molecular complexity index is 792. The fourth-order valence-corrected chi connectivity index (χ4v) is 8.04. The predicted molar refractivity (Wildman–Crippen MR) is 128 cm³/mol. The topological polar surface area (TPSA) is 65.8 Å². The minimum absolute atomic E-state index is 0.176. The van der Waals surface area contributed by atoms with Gasteiger partial charge in [-0.3, -0.25) is 9.78 Å². The lowest BCUT2D eigenvalue weighted by atomic mass is 9.50. The van der Waals surface area contributed by atoms with E-state index in [0.717, 1.165) is 47.3 Å². The Labute approximate surface area is 188 Å². The average Bonchev–Trinajstić information content (AvgIpc) is 3.15. The molecule has 0 bridgehead atoms. The fourth-order valence-electron chi connectivity index (χ4n) is 8.04. The first-order valence-electron chi connectivity index (χ1n) is 12.7. The second kappa shape index (κ2) is 9.42. The molecule has 4 nitrogen and oxygen atoms in total. The molecular formula is C27H41N3O. The Morgan fingerprint density at radius 2 is 2.06 bits per heavy atom. The van der Waals surface area contributed by atoms with Gasteiger partial charge < -0.3 is 10.7 Å². The molecule has 0 radical (unpaired) electrons. The molecule has 3 fully saturated rings. The van der Waals surface area contributed by atoms with Crippen molar-refractivity contribution in [2.24, 2.45) is 40.9 Å². The lowest BCUT2D eigenvalue weighted by molar-refractivity contribution is -0.128. The second-order valence-corrected chi connectivity index (χ2v) is 10.7. The number of carbonyl (C=O) groups excluding carboxylic acids is 1. The molecule has 0 spiro atoms. The maximum Gasteiger partial charge on any atom is 0.155 e. The summed E-state index contributed by atoms with van der Waals surface area (Å²) >= 11 is 0. The summed E-state index contributed by atoms with van der Waals surface area (Å²) in [6.45, 7) is 7.54. The van der Waals surface area contributed by atoms with E-state index in [1.807, 2.05) is 6.07 Å². The van der Waals surface area contributed by atoms with E-state index in [-0.39, 0.29) is 11.3 Å². The summed E-state index contributed by atoms with van der Waals surface area (Å²) in [7, 11) is 0. The number of fused-ring (bicyclic) bond motifs is 3. The summed E-state index contributed by atoms with van der Waals surface area (Å²) in [5.41, 5.74) is 1.75. The van der Waals surface area contributed by atoms with E-state index in [0.29, 0.717) is 12.3 Å². The van der Waals surface area contributed by atoms with Crippen molar-refractivity contribution in [2.75, 3.05) is 11.9 Å². The van der Waals surface area contributed by atoms with Gasteiger partial charge in [-0.25, -0.2) is 0 Å². The minimum Gasteiger partial charge on any atom is -0.376 e. The van der Waals surface area contributed by atoms with Crippen molar-refractivity contribution in [1.82, 2.24) is 4.98 Å². The largest absolute Gasteiger partial charge is 0.376 e. The van der Waals surface area contributed by atoms with Gasteiger partial charge in [0.1, 0.15) is 0 Å². The Morgan fingerprint density at radius 1 is 1.23 bits per heavy atom. The van der Waals surface area contributed by atoms with Crippen molar-refractivity contribution >= 4 is 17.7 Å². The van der Waals surface area contributed by atoms with Crippen LogP contribution in [0.3, 0.4) is 0 Å². The molecule has 1 heterocycles. The highest BCUT2D eigenvalue weighted by molar-refractivity contribution is 5.89. The molecule has 170 valence electrons. The van der Waals surface area contributed by atoms with Crippen molar-refractivity contribution in [2.45, 2.75) is 78.6 Å². The quantitative estimate of drug-likeness (QED) is 0.478. The number of nitrogens with one attached hydrogen (secondary N) is 2. The lowest BCUT2D eigenvalue weighted by Gasteiger charge is -2.54. The molecule has 31 heavy (non-hydrogen) atoms. The van der Waals surface area contributed by atoms with Crippen LogP contribution in [-0.2, 0) is 4.79 Å². The number of anilines is 1. The average molecular weight is 424 g/mol. The lowest BCUT2D eigenvalue weighted by Crippen LogP contribution is -2.48. The zero-order chi connectivity index (χ0) is 22.0. The minimum atomic E-state index is 0.176. The number of Topliss-reactive ketones (excluding diaryl/α,β-unsaturated/α-hetero) is 1. The van der Waals surface area contributed by atoms with Crippen LogP contribution in [0, 0.1) is 46.3 Å². The van der Waals surface area contributed by atoms with Crippen molar-refractivity contribution in [1.29, 1.82) is 5.41 Å². The number of rotatable bonds is 8. The fraction of sp³-hybridized carbons (Fsp3) is 0.741. The van der Waals surface area contributed by atoms with Crippen LogP contribution >= 0.6 is 0 Å². The first kappa shape index (κ1) is 22.5. The maximum absolute atomic E-state index is 13.4. The monoisotopic (exact) mass is 423 g/mol. The molecule has 1 aromatic heterocycles. The molecule has 0 saturated heterocycles. The molecule has 2 N–H and O–H groups in total. The van der Waals surface area contributed by atoms with E-state index < -0.39 is 0 Å². The van der Waals surface area contributed by atoms with Gasteiger partial charge in [0.15, 0.2) is 5.78 Å². The predicted octanol–water partition coefficient (Wildman–Crippen LogP) is 6.36. The van der Waals surface area contributed by atoms with Crippen LogP contribution < -0.4 is 5.32 Å². The van der Waals surface area contributed by atoms with Crippen LogP contribution in [0.25, 0.3) is 0 Å². The van der Waals surface area contributed by atoms with Gasteiger partial charge in [-0.15, -0.1) is 0 Å². The van der Waals surface area contributed by atoms with E-state index in [2.05, 4.69) is 31.1 Å². The SMILES string of the molecule is CCCC1C(CC)CCC2C1CCC1(C)C(C(=O)CNc3cnccc3C=N)CCC21. The van der Waals surface area contributed by atoms with Crippen molar-refractivity contribution in [3.8, 4) is 0 Å². The first-order valence-corrected chi connectivity index (χ1v) is 12.7. The summed E-state index contributed by atoms with van der Waals surface area (Å²) in [6.07, 6.45) is 16.4. The molecular weight excluding hydrogens is 382 g/mol.